The summed E-state index contributed by atoms with van der Waals surface area (Å²) < 4.78 is 1.59. The summed E-state index contributed by atoms with van der Waals surface area (Å²) in [6, 6.07) is 9.39. The fourth-order valence-corrected chi connectivity index (χ4v) is 1.83. The van der Waals surface area contributed by atoms with Crippen LogP contribution >= 0.6 is 0 Å². The van der Waals surface area contributed by atoms with Crippen LogP contribution in [0.4, 0.5) is 0 Å². The fraction of sp³-hybridized carbons (Fsp3) is 0.214. The summed E-state index contributed by atoms with van der Waals surface area (Å²) in [5, 5.41) is 12.9. The molecule has 2 aromatic rings. The van der Waals surface area contributed by atoms with Gasteiger partial charge in [-0.25, -0.2) is 4.68 Å². The van der Waals surface area contributed by atoms with Crippen molar-refractivity contribution in [1.82, 2.24) is 14.7 Å². The van der Waals surface area contributed by atoms with Gasteiger partial charge < -0.3 is 10.0 Å². The van der Waals surface area contributed by atoms with Crippen LogP contribution < -0.4 is 0 Å². The Morgan fingerprint density at radius 3 is 2.60 bits per heavy atom. The average Bonchev–Trinajstić information content (AvgIpc) is 2.94. The topological polar surface area (TPSA) is 75.4 Å². The van der Waals surface area contributed by atoms with Crippen LogP contribution in [0.2, 0.25) is 0 Å². The summed E-state index contributed by atoms with van der Waals surface area (Å²) in [6.07, 6.45) is 3.04. The molecular weight excluding hydrogens is 258 g/mol. The lowest BCUT2D eigenvalue weighted by Gasteiger charge is -2.17. The van der Waals surface area contributed by atoms with Crippen molar-refractivity contribution in [3.8, 4) is 5.69 Å². The fourth-order valence-electron chi connectivity index (χ4n) is 1.83. The van der Waals surface area contributed by atoms with Crippen molar-refractivity contribution < 1.29 is 14.7 Å². The van der Waals surface area contributed by atoms with Gasteiger partial charge in [0.1, 0.15) is 6.54 Å². The molecule has 0 bridgehead atoms. The molecule has 1 heterocycles. The highest BCUT2D eigenvalue weighted by Gasteiger charge is 2.18. The zero-order valence-electron chi connectivity index (χ0n) is 11.1. The number of nitrogens with zero attached hydrogens (tertiary/aromatic N) is 3. The van der Waals surface area contributed by atoms with E-state index in [0.717, 1.165) is 5.69 Å². The van der Waals surface area contributed by atoms with E-state index in [0.29, 0.717) is 12.1 Å². The monoisotopic (exact) mass is 273 g/mol. The van der Waals surface area contributed by atoms with Crippen molar-refractivity contribution in [2.24, 2.45) is 0 Å². The second kappa shape index (κ2) is 6.01. The lowest BCUT2D eigenvalue weighted by molar-refractivity contribution is -0.137. The van der Waals surface area contributed by atoms with Gasteiger partial charge >= 0.3 is 5.97 Å². The molecule has 20 heavy (non-hydrogen) atoms. The average molecular weight is 273 g/mol. The number of rotatable bonds is 5. The number of aliphatic carboxylic acids is 1. The molecule has 0 aliphatic heterocycles. The Bertz CT molecular complexity index is 607. The Morgan fingerprint density at radius 1 is 1.30 bits per heavy atom. The van der Waals surface area contributed by atoms with E-state index in [4.69, 9.17) is 5.11 Å². The van der Waals surface area contributed by atoms with Gasteiger partial charge in [-0.05, 0) is 19.1 Å². The van der Waals surface area contributed by atoms with Gasteiger partial charge in [-0.15, -0.1) is 0 Å². The third kappa shape index (κ3) is 3.03. The Labute approximate surface area is 116 Å². The predicted octanol–water partition coefficient (Wildman–Crippen LogP) is 1.42. The summed E-state index contributed by atoms with van der Waals surface area (Å²) >= 11 is 0. The standard InChI is InChI=1S/C14H15N3O3/c1-2-16(10-13(18)19)14(20)11-8-15-17(9-11)12-6-4-3-5-7-12/h3-9H,2,10H2,1H3,(H,18,19). The van der Waals surface area contributed by atoms with E-state index in [2.05, 4.69) is 5.10 Å². The lowest BCUT2D eigenvalue weighted by atomic mass is 10.3. The second-order valence-corrected chi connectivity index (χ2v) is 4.22. The molecule has 2 rings (SSSR count). The van der Waals surface area contributed by atoms with Crippen molar-refractivity contribution in [2.75, 3.05) is 13.1 Å². The Morgan fingerprint density at radius 2 is 2.00 bits per heavy atom. The maximum Gasteiger partial charge on any atom is 0.323 e. The van der Waals surface area contributed by atoms with Crippen molar-refractivity contribution >= 4 is 11.9 Å². The predicted molar refractivity (Wildman–Crippen MR) is 72.8 cm³/mol. The number of hydrogen-bond donors (Lipinski definition) is 1. The molecule has 104 valence electrons. The van der Waals surface area contributed by atoms with E-state index >= 15 is 0 Å². The molecule has 1 aromatic heterocycles. The molecule has 0 atom stereocenters. The summed E-state index contributed by atoms with van der Waals surface area (Å²) in [4.78, 5) is 24.1. The van der Waals surface area contributed by atoms with Crippen molar-refractivity contribution in [1.29, 1.82) is 0 Å². The number of aromatic nitrogens is 2. The number of para-hydroxylation sites is 1. The van der Waals surface area contributed by atoms with Gasteiger partial charge in [0.2, 0.25) is 0 Å². The van der Waals surface area contributed by atoms with Gasteiger partial charge in [0.25, 0.3) is 5.91 Å². The van der Waals surface area contributed by atoms with E-state index in [1.807, 2.05) is 30.3 Å². The van der Waals surface area contributed by atoms with Crippen LogP contribution in [0, 0.1) is 0 Å². The molecule has 0 unspecified atom stereocenters. The quantitative estimate of drug-likeness (QED) is 0.894. The first-order valence-electron chi connectivity index (χ1n) is 6.23. The highest BCUT2D eigenvalue weighted by atomic mass is 16.4. The number of hydrogen-bond acceptors (Lipinski definition) is 3. The van der Waals surface area contributed by atoms with Gasteiger partial charge in [-0.2, -0.15) is 5.10 Å². The Kier molecular flexibility index (Phi) is 4.14. The molecule has 6 heteroatoms. The molecule has 0 saturated heterocycles. The van der Waals surface area contributed by atoms with Gasteiger partial charge in [0.05, 0.1) is 17.4 Å². The number of carboxylic acids is 1. The number of carboxylic acid groups (broad SMARTS) is 1. The molecule has 1 amide bonds. The van der Waals surface area contributed by atoms with E-state index in [9.17, 15) is 9.59 Å². The molecule has 6 nitrogen and oxygen atoms in total. The maximum atomic E-state index is 12.2. The minimum absolute atomic E-state index is 0.314. The van der Waals surface area contributed by atoms with Crippen LogP contribution in [-0.4, -0.2) is 44.8 Å². The van der Waals surface area contributed by atoms with Crippen molar-refractivity contribution in [2.45, 2.75) is 6.92 Å². The number of carbonyl (C=O) groups is 2. The zero-order valence-corrected chi connectivity index (χ0v) is 11.1. The molecule has 1 N–H and O–H groups in total. The van der Waals surface area contributed by atoms with Crippen LogP contribution in [0.15, 0.2) is 42.7 Å². The summed E-state index contributed by atoms with van der Waals surface area (Å²) in [5.41, 5.74) is 1.21. The summed E-state index contributed by atoms with van der Waals surface area (Å²) in [7, 11) is 0. The first-order chi connectivity index (χ1) is 9.61. The molecule has 0 aliphatic carbocycles. The second-order valence-electron chi connectivity index (χ2n) is 4.22. The van der Waals surface area contributed by atoms with E-state index in [1.54, 1.807) is 17.8 Å². The number of benzene rings is 1. The first-order valence-corrected chi connectivity index (χ1v) is 6.23. The van der Waals surface area contributed by atoms with E-state index in [-0.39, 0.29) is 12.5 Å². The summed E-state index contributed by atoms with van der Waals surface area (Å²) in [5.74, 6) is -1.37. The number of carbonyl (C=O) groups excluding carboxylic acids is 1. The molecule has 0 aliphatic rings. The normalized spacial score (nSPS) is 10.2. The van der Waals surface area contributed by atoms with Crippen LogP contribution in [0.3, 0.4) is 0 Å². The first kappa shape index (κ1) is 13.8. The van der Waals surface area contributed by atoms with Crippen LogP contribution in [0.5, 0.6) is 0 Å². The van der Waals surface area contributed by atoms with Crippen LogP contribution in [0.25, 0.3) is 5.69 Å². The number of likely N-dealkylation sites (N-methyl/N-ethyl adjacent to an activating group) is 1. The summed E-state index contributed by atoms with van der Waals surface area (Å²) in [6.45, 7) is 1.76. The third-order valence-electron chi connectivity index (χ3n) is 2.85. The Hall–Kier alpha value is -2.63. The smallest absolute Gasteiger partial charge is 0.323 e. The minimum Gasteiger partial charge on any atom is -0.480 e. The zero-order chi connectivity index (χ0) is 14.5. The SMILES string of the molecule is CCN(CC(=O)O)C(=O)c1cnn(-c2ccccc2)c1. The van der Waals surface area contributed by atoms with Gasteiger partial charge in [0.15, 0.2) is 0 Å². The van der Waals surface area contributed by atoms with Crippen molar-refractivity contribution in [3.63, 3.8) is 0 Å². The molecular formula is C14H15N3O3. The molecule has 0 spiro atoms. The molecule has 0 radical (unpaired) electrons. The van der Waals surface area contributed by atoms with Gasteiger partial charge in [0, 0.05) is 12.7 Å². The molecule has 1 aromatic carbocycles. The van der Waals surface area contributed by atoms with Crippen LogP contribution in [0.1, 0.15) is 17.3 Å². The third-order valence-corrected chi connectivity index (χ3v) is 2.85. The molecule has 0 fully saturated rings. The van der Waals surface area contributed by atoms with Gasteiger partial charge in [-0.3, -0.25) is 9.59 Å². The molecule has 0 saturated carbocycles. The van der Waals surface area contributed by atoms with E-state index < -0.39 is 5.97 Å². The maximum absolute atomic E-state index is 12.2. The van der Waals surface area contributed by atoms with Crippen molar-refractivity contribution in [3.05, 3.63) is 48.3 Å². The lowest BCUT2D eigenvalue weighted by Crippen LogP contribution is -2.35. The Balaban J connectivity index is 2.20. The van der Waals surface area contributed by atoms with Crippen LogP contribution in [-0.2, 0) is 4.79 Å². The largest absolute Gasteiger partial charge is 0.480 e. The highest BCUT2D eigenvalue weighted by molar-refractivity contribution is 5.95. The van der Waals surface area contributed by atoms with E-state index in [1.165, 1.54) is 11.1 Å². The van der Waals surface area contributed by atoms with Gasteiger partial charge in [-0.1, -0.05) is 18.2 Å². The highest BCUT2D eigenvalue weighted by Crippen LogP contribution is 2.09. The number of amides is 1. The minimum atomic E-state index is -1.03.